The molecule has 0 spiro atoms. The zero-order valence-electron chi connectivity index (χ0n) is 17.6. The van der Waals surface area contributed by atoms with Gasteiger partial charge < -0.3 is 10.2 Å². The third-order valence-corrected chi connectivity index (χ3v) is 4.29. The molecular formula is C22H22Cl2N4O2Ti. The van der Waals surface area contributed by atoms with Crippen LogP contribution in [0.2, 0.25) is 0 Å². The Bertz CT molecular complexity index is 1030. The van der Waals surface area contributed by atoms with Gasteiger partial charge >= 0.3 is 35.6 Å². The summed E-state index contributed by atoms with van der Waals surface area (Å²) in [6, 6.07) is 7.52. The number of benzene rings is 2. The maximum absolute atomic E-state index is 10.2. The molecule has 3 rings (SSSR count). The van der Waals surface area contributed by atoms with Gasteiger partial charge in [-0.05, 0) is 62.1 Å². The van der Waals surface area contributed by atoms with Gasteiger partial charge in [0.1, 0.15) is 23.5 Å². The Hall–Kier alpha value is -2.25. The summed E-state index contributed by atoms with van der Waals surface area (Å²) >= 11 is -0.556. The molecule has 0 aliphatic carbocycles. The fraction of sp³-hybridized carbons (Fsp3) is 0.182. The molecule has 1 aromatic heterocycles. The van der Waals surface area contributed by atoms with Gasteiger partial charge in [-0.25, -0.2) is 15.0 Å². The van der Waals surface area contributed by atoms with E-state index in [1.165, 1.54) is 6.33 Å². The fourth-order valence-electron chi connectivity index (χ4n) is 2.96. The van der Waals surface area contributed by atoms with Crippen LogP contribution < -0.4 is 0 Å². The van der Waals surface area contributed by atoms with Crippen molar-refractivity contribution in [2.24, 2.45) is 9.98 Å². The molecule has 3 aromatic rings. The predicted octanol–water partition coefficient (Wildman–Crippen LogP) is 6.00. The first-order valence-corrected chi connectivity index (χ1v) is 13.5. The average Bonchev–Trinajstić information content (AvgIpc) is 2.72. The molecular weight excluding hydrogens is 471 g/mol. The van der Waals surface area contributed by atoms with Crippen molar-refractivity contribution in [3.63, 3.8) is 0 Å². The summed E-state index contributed by atoms with van der Waals surface area (Å²) in [5.41, 5.74) is 5.32. The minimum absolute atomic E-state index is 0.189. The zero-order valence-corrected chi connectivity index (χ0v) is 20.6. The molecule has 160 valence electrons. The van der Waals surface area contributed by atoms with Crippen LogP contribution in [0.25, 0.3) is 0 Å². The first kappa shape index (κ1) is 25.0. The molecule has 0 fully saturated rings. The Morgan fingerprint density at radius 3 is 1.84 bits per heavy atom. The van der Waals surface area contributed by atoms with Crippen LogP contribution in [0.15, 0.2) is 46.8 Å². The summed E-state index contributed by atoms with van der Waals surface area (Å²) in [6.07, 6.45) is 6.07. The Morgan fingerprint density at radius 2 is 1.32 bits per heavy atom. The Kier molecular flexibility index (Phi) is 9.65. The molecule has 0 saturated carbocycles. The summed E-state index contributed by atoms with van der Waals surface area (Å²) < 4.78 is 0. The normalized spacial score (nSPS) is 10.9. The second-order valence-corrected chi connectivity index (χ2v) is 9.44. The molecule has 31 heavy (non-hydrogen) atoms. The molecule has 0 atom stereocenters. The Balaban J connectivity index is 0.00000107. The van der Waals surface area contributed by atoms with Crippen LogP contribution in [0.3, 0.4) is 0 Å². The van der Waals surface area contributed by atoms with E-state index >= 15 is 0 Å². The second-order valence-electron chi connectivity index (χ2n) is 6.86. The third-order valence-electron chi connectivity index (χ3n) is 4.29. The fourth-order valence-corrected chi connectivity index (χ4v) is 2.96. The van der Waals surface area contributed by atoms with E-state index < -0.39 is 17.0 Å². The van der Waals surface area contributed by atoms with Gasteiger partial charge in [0.05, 0.1) is 6.20 Å². The van der Waals surface area contributed by atoms with E-state index in [9.17, 15) is 10.2 Å². The molecule has 0 saturated heterocycles. The number of aryl methyl sites for hydroxylation is 4. The van der Waals surface area contributed by atoms with Crippen molar-refractivity contribution in [2.45, 2.75) is 27.7 Å². The monoisotopic (exact) mass is 492 g/mol. The average molecular weight is 493 g/mol. The van der Waals surface area contributed by atoms with Crippen molar-refractivity contribution in [3.05, 3.63) is 70.2 Å². The van der Waals surface area contributed by atoms with Crippen LogP contribution in [-0.2, 0) is 17.0 Å². The van der Waals surface area contributed by atoms with Gasteiger partial charge in [-0.1, -0.05) is 12.1 Å². The van der Waals surface area contributed by atoms with Crippen molar-refractivity contribution in [3.8, 4) is 11.5 Å². The zero-order chi connectivity index (χ0) is 23.0. The van der Waals surface area contributed by atoms with Gasteiger partial charge in [-0.3, -0.25) is 4.99 Å². The number of nitrogens with zero attached hydrogens (tertiary/aromatic N) is 4. The minimum atomic E-state index is -0.556. The number of aromatic nitrogens is 2. The van der Waals surface area contributed by atoms with Crippen molar-refractivity contribution in [1.29, 1.82) is 0 Å². The SMILES string of the molecule is Cc1cc(C)c(O)c(C=Nc2cncnc2N=Cc2cc(C)cc(C)c2O)c1.[Cl][Ti][Cl]. The standard InChI is InChI=1S/C22H22N4O2.2ClH.Ti/c1-13-5-15(3)20(27)17(7-13)9-24-19-11-23-12-26-22(19)25-10-18-8-14(2)6-16(4)21(18)28;;;/h5-12,27-28H,1-4H3;2*1H;/q;;;+2/p-2. The predicted molar refractivity (Wildman–Crippen MR) is 123 cm³/mol. The van der Waals surface area contributed by atoms with E-state index in [-0.39, 0.29) is 11.5 Å². The number of rotatable bonds is 4. The van der Waals surface area contributed by atoms with E-state index in [2.05, 4.69) is 20.0 Å². The number of phenolic OH excluding ortho intramolecular Hbond substituents is 2. The van der Waals surface area contributed by atoms with E-state index in [1.807, 2.05) is 52.0 Å². The first-order valence-electron chi connectivity index (χ1n) is 9.21. The van der Waals surface area contributed by atoms with Crippen LogP contribution in [0.5, 0.6) is 11.5 Å². The van der Waals surface area contributed by atoms with Crippen LogP contribution in [-0.4, -0.2) is 32.6 Å². The topological polar surface area (TPSA) is 91.0 Å². The molecule has 9 heteroatoms. The van der Waals surface area contributed by atoms with Gasteiger partial charge in [-0.2, -0.15) is 0 Å². The van der Waals surface area contributed by atoms with Crippen molar-refractivity contribution >= 4 is 42.5 Å². The quantitative estimate of drug-likeness (QED) is 0.345. The van der Waals surface area contributed by atoms with Crippen LogP contribution in [0.1, 0.15) is 33.4 Å². The van der Waals surface area contributed by atoms with E-state index in [0.29, 0.717) is 22.6 Å². The van der Waals surface area contributed by atoms with Crippen molar-refractivity contribution < 1.29 is 27.2 Å². The van der Waals surface area contributed by atoms with Crippen molar-refractivity contribution in [1.82, 2.24) is 9.97 Å². The molecule has 0 aliphatic rings. The molecule has 0 bridgehead atoms. The first-order chi connectivity index (χ1) is 14.8. The van der Waals surface area contributed by atoms with Gasteiger partial charge in [-0.15, -0.1) is 0 Å². The number of halogens is 2. The third kappa shape index (κ3) is 7.15. The van der Waals surface area contributed by atoms with E-state index in [0.717, 1.165) is 22.3 Å². The molecule has 2 aromatic carbocycles. The summed E-state index contributed by atoms with van der Waals surface area (Å²) in [5, 5.41) is 20.4. The van der Waals surface area contributed by atoms with Gasteiger partial charge in [0.15, 0.2) is 5.82 Å². The van der Waals surface area contributed by atoms with Gasteiger partial charge in [0.25, 0.3) is 0 Å². The summed E-state index contributed by atoms with van der Waals surface area (Å²) in [4.78, 5) is 17.0. The number of aromatic hydroxyl groups is 2. The Labute approximate surface area is 198 Å². The van der Waals surface area contributed by atoms with Crippen LogP contribution in [0, 0.1) is 27.7 Å². The number of aliphatic imine (C=N–C) groups is 2. The maximum atomic E-state index is 10.2. The molecule has 0 radical (unpaired) electrons. The molecule has 2 N–H and O–H groups in total. The van der Waals surface area contributed by atoms with Gasteiger partial charge in [0.2, 0.25) is 0 Å². The number of hydrogen-bond donors (Lipinski definition) is 2. The second kappa shape index (κ2) is 12.0. The summed E-state index contributed by atoms with van der Waals surface area (Å²) in [6.45, 7) is 7.61. The molecule has 0 amide bonds. The van der Waals surface area contributed by atoms with Crippen LogP contribution >= 0.6 is 18.6 Å². The number of phenols is 2. The van der Waals surface area contributed by atoms with Crippen molar-refractivity contribution in [2.75, 3.05) is 0 Å². The van der Waals surface area contributed by atoms with E-state index in [4.69, 9.17) is 18.6 Å². The van der Waals surface area contributed by atoms with E-state index in [1.54, 1.807) is 18.6 Å². The Morgan fingerprint density at radius 1 is 0.839 bits per heavy atom. The van der Waals surface area contributed by atoms with Gasteiger partial charge in [0, 0.05) is 23.6 Å². The molecule has 0 aliphatic heterocycles. The molecule has 6 nitrogen and oxygen atoms in total. The summed E-state index contributed by atoms with van der Waals surface area (Å²) in [5.74, 6) is 0.749. The number of hydrogen-bond acceptors (Lipinski definition) is 6. The summed E-state index contributed by atoms with van der Waals surface area (Å²) in [7, 11) is 9.78. The van der Waals surface area contributed by atoms with Crippen LogP contribution in [0.4, 0.5) is 11.5 Å². The molecule has 0 unspecified atom stereocenters. The molecule has 1 heterocycles.